The predicted octanol–water partition coefficient (Wildman–Crippen LogP) is 6.58. The van der Waals surface area contributed by atoms with Crippen LogP contribution in [0.2, 0.25) is 0 Å². The van der Waals surface area contributed by atoms with Gasteiger partial charge in [-0.1, -0.05) is 54.2 Å². The molecule has 4 rings (SSSR count). The fraction of sp³-hybridized carbons (Fsp3) is 0.0417. The SMILES string of the molecule is Fc1ccc(C(Sc2ccccn2)(c2ccc(F)cc2)c2ccc(F)cc2)cc1. The minimum atomic E-state index is -0.885. The number of hydrogen-bond acceptors (Lipinski definition) is 2. The zero-order chi connectivity index (χ0) is 20.3. The van der Waals surface area contributed by atoms with Crippen LogP contribution in [0.3, 0.4) is 0 Å². The summed E-state index contributed by atoms with van der Waals surface area (Å²) in [5.41, 5.74) is 2.31. The van der Waals surface area contributed by atoms with Crippen LogP contribution < -0.4 is 0 Å². The van der Waals surface area contributed by atoms with E-state index >= 15 is 0 Å². The van der Waals surface area contributed by atoms with Crippen LogP contribution in [-0.2, 0) is 4.75 Å². The second-order valence-electron chi connectivity index (χ2n) is 6.47. The monoisotopic (exact) mass is 407 g/mol. The summed E-state index contributed by atoms with van der Waals surface area (Å²) in [6, 6.07) is 24.0. The Hall–Kier alpha value is -3.05. The molecule has 0 atom stereocenters. The molecule has 0 aliphatic carbocycles. The Morgan fingerprint density at radius 2 is 0.966 bits per heavy atom. The van der Waals surface area contributed by atoms with E-state index in [1.807, 2.05) is 18.2 Å². The van der Waals surface area contributed by atoms with Crippen molar-refractivity contribution in [1.82, 2.24) is 4.98 Å². The number of thioether (sulfide) groups is 1. The summed E-state index contributed by atoms with van der Waals surface area (Å²) in [5, 5.41) is 0.727. The molecule has 0 N–H and O–H groups in total. The largest absolute Gasteiger partial charge is 0.250 e. The zero-order valence-electron chi connectivity index (χ0n) is 15.2. The molecule has 5 heteroatoms. The summed E-state index contributed by atoms with van der Waals surface area (Å²) in [4.78, 5) is 4.43. The van der Waals surface area contributed by atoms with Crippen molar-refractivity contribution in [2.24, 2.45) is 0 Å². The molecule has 0 aliphatic rings. The van der Waals surface area contributed by atoms with E-state index in [2.05, 4.69) is 4.98 Å². The van der Waals surface area contributed by atoms with Gasteiger partial charge < -0.3 is 0 Å². The highest BCUT2D eigenvalue weighted by Gasteiger charge is 2.38. The molecule has 0 saturated carbocycles. The van der Waals surface area contributed by atoms with Crippen molar-refractivity contribution in [2.45, 2.75) is 9.77 Å². The van der Waals surface area contributed by atoms with E-state index in [0.717, 1.165) is 21.7 Å². The van der Waals surface area contributed by atoms with E-state index in [0.29, 0.717) is 0 Å². The minimum absolute atomic E-state index is 0.358. The molecule has 0 aliphatic heterocycles. The molecule has 1 heterocycles. The van der Waals surface area contributed by atoms with E-state index in [1.54, 1.807) is 42.6 Å². The van der Waals surface area contributed by atoms with Crippen LogP contribution in [0.15, 0.2) is 102 Å². The Labute approximate surface area is 171 Å². The number of aromatic nitrogens is 1. The highest BCUT2D eigenvalue weighted by Crippen LogP contribution is 2.51. The number of nitrogens with zero attached hydrogens (tertiary/aromatic N) is 1. The smallest absolute Gasteiger partial charge is 0.123 e. The second-order valence-corrected chi connectivity index (χ2v) is 7.71. The van der Waals surface area contributed by atoms with Crippen LogP contribution in [0.5, 0.6) is 0 Å². The third kappa shape index (κ3) is 3.91. The van der Waals surface area contributed by atoms with Gasteiger partial charge >= 0.3 is 0 Å². The number of pyridine rings is 1. The van der Waals surface area contributed by atoms with Gasteiger partial charge in [-0.15, -0.1) is 0 Å². The Kier molecular flexibility index (Phi) is 5.41. The Morgan fingerprint density at radius 1 is 0.552 bits per heavy atom. The van der Waals surface area contributed by atoms with Gasteiger partial charge in [0, 0.05) is 6.20 Å². The summed E-state index contributed by atoms with van der Waals surface area (Å²) < 4.78 is 40.2. The zero-order valence-corrected chi connectivity index (χ0v) is 16.0. The lowest BCUT2D eigenvalue weighted by Gasteiger charge is -2.35. The van der Waals surface area contributed by atoms with Gasteiger partial charge in [0.25, 0.3) is 0 Å². The lowest BCUT2D eigenvalue weighted by molar-refractivity contribution is 0.624. The molecule has 3 aromatic carbocycles. The first-order valence-electron chi connectivity index (χ1n) is 8.96. The molecule has 4 aromatic rings. The Morgan fingerprint density at radius 3 is 1.31 bits per heavy atom. The summed E-state index contributed by atoms with van der Waals surface area (Å²) >= 11 is 1.43. The van der Waals surface area contributed by atoms with Gasteiger partial charge in [0.05, 0.1) is 9.77 Å². The third-order valence-corrected chi connectivity index (χ3v) is 6.11. The molecule has 0 spiro atoms. The van der Waals surface area contributed by atoms with Gasteiger partial charge in [-0.2, -0.15) is 0 Å². The van der Waals surface area contributed by atoms with Gasteiger partial charge in [-0.05, 0) is 65.2 Å². The van der Waals surface area contributed by atoms with Crippen LogP contribution in [0.4, 0.5) is 13.2 Å². The molecule has 1 nitrogen and oxygen atoms in total. The maximum absolute atomic E-state index is 13.7. The molecule has 0 bridgehead atoms. The number of halogens is 3. The van der Waals surface area contributed by atoms with Crippen molar-refractivity contribution in [3.63, 3.8) is 0 Å². The van der Waals surface area contributed by atoms with Crippen molar-refractivity contribution in [2.75, 3.05) is 0 Å². The first-order valence-corrected chi connectivity index (χ1v) is 9.78. The van der Waals surface area contributed by atoms with E-state index in [1.165, 1.54) is 48.2 Å². The molecule has 0 unspecified atom stereocenters. The standard InChI is InChI=1S/C24H16F3NS/c25-20-10-4-17(5-11-20)24(18-6-12-21(26)13-7-18,19-8-14-22(27)15-9-19)29-23-3-1-2-16-28-23/h1-16H. The lowest BCUT2D eigenvalue weighted by Crippen LogP contribution is -2.26. The van der Waals surface area contributed by atoms with Gasteiger partial charge in [0.15, 0.2) is 0 Å². The normalized spacial score (nSPS) is 11.4. The Bertz CT molecular complexity index is 969. The molecule has 0 radical (unpaired) electrons. The lowest BCUT2D eigenvalue weighted by atomic mass is 9.84. The Balaban J connectivity index is 2.01. The first-order chi connectivity index (χ1) is 14.1. The second kappa shape index (κ2) is 8.13. The van der Waals surface area contributed by atoms with Crippen molar-refractivity contribution < 1.29 is 13.2 Å². The van der Waals surface area contributed by atoms with Crippen LogP contribution in [0, 0.1) is 17.5 Å². The molecule has 0 saturated heterocycles. The maximum Gasteiger partial charge on any atom is 0.123 e. The van der Waals surface area contributed by atoms with E-state index < -0.39 is 4.75 Å². The molecule has 1 aromatic heterocycles. The highest BCUT2D eigenvalue weighted by atomic mass is 32.2. The number of benzene rings is 3. The quantitative estimate of drug-likeness (QED) is 0.274. The van der Waals surface area contributed by atoms with Gasteiger partial charge in [0.1, 0.15) is 17.5 Å². The van der Waals surface area contributed by atoms with E-state index in [-0.39, 0.29) is 17.5 Å². The highest BCUT2D eigenvalue weighted by molar-refractivity contribution is 8.00. The minimum Gasteiger partial charge on any atom is -0.250 e. The van der Waals surface area contributed by atoms with Crippen LogP contribution in [0.25, 0.3) is 0 Å². The first kappa shape index (κ1) is 19.3. The number of rotatable bonds is 5. The molecular weight excluding hydrogens is 391 g/mol. The average molecular weight is 407 g/mol. The fourth-order valence-corrected chi connectivity index (χ4v) is 4.63. The molecule has 0 fully saturated rings. The summed E-state index contributed by atoms with van der Waals surface area (Å²) in [7, 11) is 0. The van der Waals surface area contributed by atoms with Crippen molar-refractivity contribution in [3.05, 3.63) is 131 Å². The van der Waals surface area contributed by atoms with Crippen molar-refractivity contribution in [3.8, 4) is 0 Å². The van der Waals surface area contributed by atoms with Crippen LogP contribution in [0.1, 0.15) is 16.7 Å². The number of hydrogen-bond donors (Lipinski definition) is 0. The summed E-state index contributed by atoms with van der Waals surface area (Å²) in [6.07, 6.45) is 1.69. The third-order valence-electron chi connectivity index (χ3n) is 4.65. The average Bonchev–Trinajstić information content (AvgIpc) is 2.75. The van der Waals surface area contributed by atoms with E-state index in [4.69, 9.17) is 0 Å². The predicted molar refractivity (Wildman–Crippen MR) is 109 cm³/mol. The molecule has 144 valence electrons. The van der Waals surface area contributed by atoms with Gasteiger partial charge in [0.2, 0.25) is 0 Å². The van der Waals surface area contributed by atoms with Crippen LogP contribution >= 0.6 is 11.8 Å². The maximum atomic E-state index is 13.7. The summed E-state index contributed by atoms with van der Waals surface area (Å²) in [5.74, 6) is -1.07. The fourth-order valence-electron chi connectivity index (χ4n) is 3.29. The molecule has 29 heavy (non-hydrogen) atoms. The summed E-state index contributed by atoms with van der Waals surface area (Å²) in [6.45, 7) is 0. The van der Waals surface area contributed by atoms with Gasteiger partial charge in [-0.25, -0.2) is 18.2 Å². The van der Waals surface area contributed by atoms with Crippen LogP contribution in [-0.4, -0.2) is 4.98 Å². The van der Waals surface area contributed by atoms with E-state index in [9.17, 15) is 13.2 Å². The topological polar surface area (TPSA) is 12.9 Å². The molecular formula is C24H16F3NS. The molecule has 0 amide bonds. The van der Waals surface area contributed by atoms with Gasteiger partial charge in [-0.3, -0.25) is 0 Å². The van der Waals surface area contributed by atoms with Crippen molar-refractivity contribution >= 4 is 11.8 Å². The van der Waals surface area contributed by atoms with Crippen molar-refractivity contribution in [1.29, 1.82) is 0 Å².